The monoisotopic (exact) mass is 145 g/mol. The molecule has 0 bridgehead atoms. The van der Waals surface area contributed by atoms with Gasteiger partial charge in [0, 0.05) is 0 Å². The van der Waals surface area contributed by atoms with Crippen LogP contribution in [0.1, 0.15) is 26.2 Å². The third-order valence-electron chi connectivity index (χ3n) is 1.38. The van der Waals surface area contributed by atoms with E-state index in [1.54, 1.807) is 0 Å². The Hall–Kier alpha value is -0.120. The van der Waals surface area contributed by atoms with Crippen LogP contribution in [0.5, 0.6) is 0 Å². The van der Waals surface area contributed by atoms with Crippen molar-refractivity contribution in [3.63, 3.8) is 0 Å². The van der Waals surface area contributed by atoms with Crippen molar-refractivity contribution in [3.05, 3.63) is 0 Å². The van der Waals surface area contributed by atoms with Crippen LogP contribution >= 0.6 is 0 Å². The van der Waals surface area contributed by atoms with Crippen molar-refractivity contribution in [2.24, 2.45) is 11.5 Å². The molecule has 0 aromatic rings. The van der Waals surface area contributed by atoms with E-state index in [-0.39, 0.29) is 6.17 Å². The van der Waals surface area contributed by atoms with Gasteiger partial charge in [0.1, 0.15) is 0 Å². The Labute approximate surface area is 63.2 Å². The van der Waals surface area contributed by atoms with Crippen LogP contribution in [0.2, 0.25) is 0 Å². The van der Waals surface area contributed by atoms with Gasteiger partial charge in [-0.2, -0.15) is 0 Å². The molecular weight excluding hydrogens is 126 g/mol. The summed E-state index contributed by atoms with van der Waals surface area (Å²) in [6.07, 6.45) is 3.27. The van der Waals surface area contributed by atoms with Crippen LogP contribution < -0.4 is 16.8 Å². The number of nitrogens with two attached hydrogens (primary N) is 2. The Kier molecular flexibility index (Phi) is 6.91. The molecule has 10 heavy (non-hydrogen) atoms. The number of rotatable bonds is 6. The molecule has 0 aliphatic rings. The zero-order valence-electron chi connectivity index (χ0n) is 6.77. The highest BCUT2D eigenvalue weighted by Crippen LogP contribution is 1.88. The van der Waals surface area contributed by atoms with Gasteiger partial charge in [0.2, 0.25) is 0 Å². The first-order valence-corrected chi connectivity index (χ1v) is 4.00. The molecular formula is C7H19N3. The molecule has 5 N–H and O–H groups in total. The molecule has 3 heteroatoms. The molecule has 0 aliphatic heterocycles. The van der Waals surface area contributed by atoms with E-state index in [9.17, 15) is 0 Å². The first kappa shape index (κ1) is 9.88. The van der Waals surface area contributed by atoms with Crippen LogP contribution in [0.25, 0.3) is 0 Å². The summed E-state index contributed by atoms with van der Waals surface area (Å²) in [7, 11) is 0. The second-order valence-corrected chi connectivity index (χ2v) is 2.49. The smallest absolute Gasteiger partial charge is 0.0546 e. The molecule has 0 saturated carbocycles. The van der Waals surface area contributed by atoms with E-state index in [2.05, 4.69) is 12.2 Å². The highest BCUT2D eigenvalue weighted by molar-refractivity contribution is 4.57. The van der Waals surface area contributed by atoms with Gasteiger partial charge in [-0.25, -0.2) is 0 Å². The average Bonchev–Trinajstić information content (AvgIpc) is 1.97. The van der Waals surface area contributed by atoms with Crippen molar-refractivity contribution in [2.45, 2.75) is 32.4 Å². The molecule has 0 amide bonds. The van der Waals surface area contributed by atoms with Gasteiger partial charge in [0.15, 0.2) is 0 Å². The van der Waals surface area contributed by atoms with Gasteiger partial charge in [-0.15, -0.1) is 0 Å². The zero-order chi connectivity index (χ0) is 7.82. The summed E-state index contributed by atoms with van der Waals surface area (Å²) in [4.78, 5) is 0. The fourth-order valence-corrected chi connectivity index (χ4v) is 0.770. The summed E-state index contributed by atoms with van der Waals surface area (Å²) in [6.45, 7) is 3.87. The quantitative estimate of drug-likeness (QED) is 0.461. The topological polar surface area (TPSA) is 64.1 Å². The van der Waals surface area contributed by atoms with E-state index in [1.807, 2.05) is 0 Å². The van der Waals surface area contributed by atoms with Gasteiger partial charge in [-0.1, -0.05) is 6.92 Å². The van der Waals surface area contributed by atoms with Crippen LogP contribution in [0.3, 0.4) is 0 Å². The summed E-state index contributed by atoms with van der Waals surface area (Å²) in [6, 6.07) is 0. The van der Waals surface area contributed by atoms with Crippen molar-refractivity contribution in [1.82, 2.24) is 5.32 Å². The van der Waals surface area contributed by atoms with Crippen LogP contribution in [-0.4, -0.2) is 19.3 Å². The maximum absolute atomic E-state index is 5.68. The lowest BCUT2D eigenvalue weighted by Gasteiger charge is -2.11. The lowest BCUT2D eigenvalue weighted by Crippen LogP contribution is -2.38. The Morgan fingerprint density at radius 2 is 2.20 bits per heavy atom. The van der Waals surface area contributed by atoms with Gasteiger partial charge >= 0.3 is 0 Å². The maximum Gasteiger partial charge on any atom is 0.0546 e. The molecule has 0 fully saturated rings. The first-order chi connectivity index (χ1) is 4.81. The molecule has 3 nitrogen and oxygen atoms in total. The summed E-state index contributed by atoms with van der Waals surface area (Å²) in [5, 5.41) is 3.19. The van der Waals surface area contributed by atoms with Gasteiger partial charge in [-0.3, -0.25) is 0 Å². The minimum atomic E-state index is 0.142. The van der Waals surface area contributed by atoms with Crippen molar-refractivity contribution >= 4 is 0 Å². The first-order valence-electron chi connectivity index (χ1n) is 4.00. The van der Waals surface area contributed by atoms with Crippen molar-refractivity contribution in [1.29, 1.82) is 0 Å². The molecule has 0 aromatic heterocycles. The van der Waals surface area contributed by atoms with Crippen LogP contribution in [0.15, 0.2) is 0 Å². The third-order valence-corrected chi connectivity index (χ3v) is 1.38. The van der Waals surface area contributed by atoms with Crippen molar-refractivity contribution in [3.8, 4) is 0 Å². The molecule has 0 heterocycles. The molecule has 1 unspecified atom stereocenters. The van der Waals surface area contributed by atoms with E-state index >= 15 is 0 Å². The minimum Gasteiger partial charge on any atom is -0.330 e. The number of nitrogens with one attached hydrogen (secondary N) is 1. The molecule has 0 aliphatic carbocycles. The van der Waals surface area contributed by atoms with Crippen LogP contribution in [0, 0.1) is 0 Å². The van der Waals surface area contributed by atoms with Crippen molar-refractivity contribution < 1.29 is 0 Å². The minimum absolute atomic E-state index is 0.142. The third kappa shape index (κ3) is 6.01. The van der Waals surface area contributed by atoms with E-state index in [0.29, 0.717) is 0 Å². The fourth-order valence-electron chi connectivity index (χ4n) is 0.770. The zero-order valence-corrected chi connectivity index (χ0v) is 6.77. The van der Waals surface area contributed by atoms with Gasteiger partial charge < -0.3 is 16.8 Å². The highest BCUT2D eigenvalue weighted by Gasteiger charge is 1.97. The fraction of sp³-hybridized carbons (Fsp3) is 1.00. The summed E-state index contributed by atoms with van der Waals surface area (Å²) in [5.74, 6) is 0. The lowest BCUT2D eigenvalue weighted by atomic mass is 10.2. The van der Waals surface area contributed by atoms with Crippen molar-refractivity contribution in [2.75, 3.05) is 13.1 Å². The Morgan fingerprint density at radius 1 is 1.50 bits per heavy atom. The predicted octanol–water partition coefficient (Wildman–Crippen LogP) is 0.00970. The summed E-state index contributed by atoms with van der Waals surface area (Å²) < 4.78 is 0. The van der Waals surface area contributed by atoms with Gasteiger partial charge in [0.05, 0.1) is 6.17 Å². The maximum atomic E-state index is 5.68. The molecule has 62 valence electrons. The Morgan fingerprint density at radius 3 is 2.70 bits per heavy atom. The molecule has 0 saturated heterocycles. The molecule has 0 radical (unpaired) electrons. The summed E-state index contributed by atoms with van der Waals surface area (Å²) in [5.41, 5.74) is 11.0. The van der Waals surface area contributed by atoms with Gasteiger partial charge in [0.25, 0.3) is 0 Å². The van der Waals surface area contributed by atoms with Crippen LogP contribution in [0.4, 0.5) is 0 Å². The van der Waals surface area contributed by atoms with E-state index < -0.39 is 0 Å². The Balaban J connectivity index is 3.00. The highest BCUT2D eigenvalue weighted by atomic mass is 15.0. The number of hydrogen-bond donors (Lipinski definition) is 3. The molecule has 0 spiro atoms. The second-order valence-electron chi connectivity index (χ2n) is 2.49. The second kappa shape index (κ2) is 6.99. The molecule has 0 aromatic carbocycles. The molecule has 0 rings (SSSR count). The summed E-state index contributed by atoms with van der Waals surface area (Å²) >= 11 is 0. The van der Waals surface area contributed by atoms with E-state index in [0.717, 1.165) is 32.4 Å². The van der Waals surface area contributed by atoms with E-state index in [1.165, 1.54) is 0 Å². The normalized spacial score (nSPS) is 13.5. The lowest BCUT2D eigenvalue weighted by molar-refractivity contribution is 0.483. The van der Waals surface area contributed by atoms with Gasteiger partial charge in [-0.05, 0) is 32.4 Å². The van der Waals surface area contributed by atoms with Crippen LogP contribution in [-0.2, 0) is 0 Å². The SMILES string of the molecule is CCCNC(N)CCCN. The largest absolute Gasteiger partial charge is 0.330 e. The van der Waals surface area contributed by atoms with E-state index in [4.69, 9.17) is 11.5 Å². The Bertz CT molecular complexity index is 57.9. The number of hydrogen-bond acceptors (Lipinski definition) is 3. The standard InChI is InChI=1S/C7H19N3/c1-2-6-10-7(9)4-3-5-8/h7,10H,2-6,8-9H2,1H3. The molecule has 1 atom stereocenters. The average molecular weight is 145 g/mol. The predicted molar refractivity (Wildman–Crippen MR) is 44.6 cm³/mol.